The van der Waals surface area contributed by atoms with Crippen molar-refractivity contribution in [3.63, 3.8) is 0 Å². The lowest BCUT2D eigenvalue weighted by atomic mass is 10.0. The zero-order valence-corrected chi connectivity index (χ0v) is 14.6. The van der Waals surface area contributed by atoms with E-state index in [9.17, 15) is 22.8 Å². The zero-order valence-electron chi connectivity index (χ0n) is 14.6. The molecule has 0 bridgehead atoms. The molecular formula is C19H16F3N3O3. The summed E-state index contributed by atoms with van der Waals surface area (Å²) in [6.45, 7) is -0.361. The van der Waals surface area contributed by atoms with Gasteiger partial charge >= 0.3 is 6.03 Å². The first kappa shape index (κ1) is 18.1. The number of hydrogen-bond donors (Lipinski definition) is 2. The van der Waals surface area contributed by atoms with E-state index in [0.29, 0.717) is 17.7 Å². The second kappa shape index (κ2) is 7.06. The second-order valence-electron chi connectivity index (χ2n) is 6.71. The lowest BCUT2D eigenvalue weighted by Crippen LogP contribution is -2.49. The molecule has 9 heteroatoms. The van der Waals surface area contributed by atoms with E-state index < -0.39 is 35.4 Å². The number of nitrogens with zero attached hydrogens (tertiary/aromatic N) is 1. The Kier molecular flexibility index (Phi) is 4.58. The van der Waals surface area contributed by atoms with Gasteiger partial charge in [0.25, 0.3) is 0 Å². The summed E-state index contributed by atoms with van der Waals surface area (Å²) in [5, 5.41) is 5.16. The molecule has 3 amide bonds. The predicted octanol–water partition coefficient (Wildman–Crippen LogP) is 2.57. The van der Waals surface area contributed by atoms with Crippen LogP contribution in [0.1, 0.15) is 11.1 Å². The molecule has 2 aromatic carbocycles. The van der Waals surface area contributed by atoms with Crippen molar-refractivity contribution in [1.29, 1.82) is 0 Å². The molecule has 2 aromatic rings. The van der Waals surface area contributed by atoms with Crippen molar-refractivity contribution in [1.82, 2.24) is 10.2 Å². The summed E-state index contributed by atoms with van der Waals surface area (Å²) in [5.74, 6) is -2.39. The van der Waals surface area contributed by atoms with Crippen molar-refractivity contribution in [3.8, 4) is 5.75 Å². The van der Waals surface area contributed by atoms with Crippen LogP contribution in [0.3, 0.4) is 0 Å². The molecule has 4 rings (SSSR count). The van der Waals surface area contributed by atoms with Gasteiger partial charge in [-0.1, -0.05) is 0 Å². The van der Waals surface area contributed by atoms with Crippen molar-refractivity contribution in [2.24, 2.45) is 0 Å². The van der Waals surface area contributed by atoms with Crippen molar-refractivity contribution in [2.75, 3.05) is 18.5 Å². The Bertz CT molecular complexity index is 967. The van der Waals surface area contributed by atoms with Crippen LogP contribution >= 0.6 is 0 Å². The van der Waals surface area contributed by atoms with Gasteiger partial charge in [0.05, 0.1) is 18.3 Å². The Hall–Kier alpha value is -3.23. The molecule has 0 spiro atoms. The number of nitrogens with one attached hydrogen (secondary N) is 2. The third kappa shape index (κ3) is 3.47. The highest BCUT2D eigenvalue weighted by atomic mass is 19.2. The van der Waals surface area contributed by atoms with Crippen molar-refractivity contribution >= 4 is 17.6 Å². The third-order valence-corrected chi connectivity index (χ3v) is 4.70. The normalized spacial score (nSPS) is 17.9. The Morgan fingerprint density at radius 1 is 1.25 bits per heavy atom. The minimum Gasteiger partial charge on any atom is -0.491 e. The van der Waals surface area contributed by atoms with Gasteiger partial charge in [-0.05, 0) is 42.3 Å². The van der Waals surface area contributed by atoms with Crippen molar-refractivity contribution < 1.29 is 27.5 Å². The molecule has 1 atom stereocenters. The summed E-state index contributed by atoms with van der Waals surface area (Å²) in [5.41, 5.74) is 0.802. The monoisotopic (exact) mass is 391 g/mol. The van der Waals surface area contributed by atoms with Crippen LogP contribution in [0.5, 0.6) is 5.75 Å². The van der Waals surface area contributed by atoms with Gasteiger partial charge in [-0.15, -0.1) is 0 Å². The Morgan fingerprint density at radius 2 is 2.07 bits per heavy atom. The summed E-state index contributed by atoms with van der Waals surface area (Å²) >= 11 is 0. The highest BCUT2D eigenvalue weighted by Crippen LogP contribution is 2.28. The minimum atomic E-state index is -1.05. The van der Waals surface area contributed by atoms with E-state index in [1.807, 2.05) is 0 Å². The minimum absolute atomic E-state index is 0.0159. The molecule has 0 radical (unpaired) electrons. The molecule has 2 aliphatic rings. The topological polar surface area (TPSA) is 70.7 Å². The van der Waals surface area contributed by atoms with Gasteiger partial charge in [-0.25, -0.2) is 18.0 Å². The van der Waals surface area contributed by atoms with Crippen LogP contribution in [-0.2, 0) is 17.8 Å². The summed E-state index contributed by atoms with van der Waals surface area (Å²) in [6, 6.07) is 5.41. The second-order valence-corrected chi connectivity index (χ2v) is 6.71. The van der Waals surface area contributed by atoms with Gasteiger partial charge in [-0.2, -0.15) is 0 Å². The van der Waals surface area contributed by atoms with Gasteiger partial charge in [0.2, 0.25) is 5.91 Å². The Morgan fingerprint density at radius 3 is 2.89 bits per heavy atom. The van der Waals surface area contributed by atoms with Crippen LogP contribution < -0.4 is 15.4 Å². The molecule has 0 aromatic heterocycles. The molecular weight excluding hydrogens is 375 g/mol. The molecule has 0 saturated heterocycles. The average Bonchev–Trinajstić information content (AvgIpc) is 2.66. The number of ether oxygens (including phenoxy) is 1. The largest absolute Gasteiger partial charge is 0.491 e. The van der Waals surface area contributed by atoms with Crippen LogP contribution in [0.2, 0.25) is 0 Å². The highest BCUT2D eigenvalue weighted by molar-refractivity contribution is 5.94. The molecule has 0 fully saturated rings. The number of rotatable bonds is 3. The smallest absolute Gasteiger partial charge is 0.322 e. The number of fused-ring (bicyclic) bond motifs is 2. The van der Waals surface area contributed by atoms with Crippen molar-refractivity contribution in [3.05, 3.63) is 58.9 Å². The fourth-order valence-corrected chi connectivity index (χ4v) is 3.35. The molecule has 2 heterocycles. The van der Waals surface area contributed by atoms with Gasteiger partial charge in [0, 0.05) is 5.56 Å². The SMILES string of the molecule is O=C(CN1Cc2c(ccc(F)c2F)NC1=O)N[C@@H]1COc2ccc(F)cc2C1. The van der Waals surface area contributed by atoms with Gasteiger partial charge in [0.15, 0.2) is 11.6 Å². The molecule has 28 heavy (non-hydrogen) atoms. The van der Waals surface area contributed by atoms with E-state index in [4.69, 9.17) is 4.74 Å². The molecule has 6 nitrogen and oxygen atoms in total. The van der Waals surface area contributed by atoms with Crippen LogP contribution in [-0.4, -0.2) is 36.0 Å². The third-order valence-electron chi connectivity index (χ3n) is 4.70. The van der Waals surface area contributed by atoms with E-state index in [0.717, 1.165) is 11.0 Å². The molecule has 0 unspecified atom stereocenters. The number of benzene rings is 2. The van der Waals surface area contributed by atoms with Crippen LogP contribution in [0.25, 0.3) is 0 Å². The lowest BCUT2D eigenvalue weighted by Gasteiger charge is -2.30. The zero-order chi connectivity index (χ0) is 19.8. The maximum absolute atomic E-state index is 14.0. The molecule has 2 N–H and O–H groups in total. The fourth-order valence-electron chi connectivity index (χ4n) is 3.35. The number of carbonyl (C=O) groups excluding carboxylic acids is 2. The van der Waals surface area contributed by atoms with E-state index in [-0.39, 0.29) is 30.9 Å². The van der Waals surface area contributed by atoms with E-state index >= 15 is 0 Å². The van der Waals surface area contributed by atoms with E-state index in [1.165, 1.54) is 24.3 Å². The molecule has 0 saturated carbocycles. The summed E-state index contributed by atoms with van der Waals surface area (Å²) in [7, 11) is 0. The summed E-state index contributed by atoms with van der Waals surface area (Å²) < 4.78 is 46.3. The standard InChI is InChI=1S/C19H16F3N3O3/c20-11-1-4-16-10(5-11)6-12(9-28-16)23-17(26)8-25-7-13-15(24-19(25)27)3-2-14(21)18(13)22/h1-5,12H,6-9H2,(H,23,26)(H,24,27)/t12-/m0/s1. The van der Waals surface area contributed by atoms with E-state index in [2.05, 4.69) is 10.6 Å². The first-order valence-electron chi connectivity index (χ1n) is 8.64. The number of urea groups is 1. The fraction of sp³-hybridized carbons (Fsp3) is 0.263. The Balaban J connectivity index is 1.40. The van der Waals surface area contributed by atoms with Crippen LogP contribution in [0, 0.1) is 17.5 Å². The summed E-state index contributed by atoms with van der Waals surface area (Å²) in [6.07, 6.45) is 0.383. The highest BCUT2D eigenvalue weighted by Gasteiger charge is 2.29. The van der Waals surface area contributed by atoms with Gasteiger partial charge < -0.3 is 20.3 Å². The van der Waals surface area contributed by atoms with Gasteiger partial charge in [-0.3, -0.25) is 4.79 Å². The number of halogens is 3. The molecule has 146 valence electrons. The first-order chi connectivity index (χ1) is 13.4. The maximum Gasteiger partial charge on any atom is 0.322 e. The number of anilines is 1. The van der Waals surface area contributed by atoms with Crippen LogP contribution in [0.4, 0.5) is 23.7 Å². The maximum atomic E-state index is 14.0. The first-order valence-corrected chi connectivity index (χ1v) is 8.64. The summed E-state index contributed by atoms with van der Waals surface area (Å²) in [4.78, 5) is 25.6. The van der Waals surface area contributed by atoms with E-state index in [1.54, 1.807) is 0 Å². The van der Waals surface area contributed by atoms with Gasteiger partial charge in [0.1, 0.15) is 24.7 Å². The molecule has 2 aliphatic heterocycles. The van der Waals surface area contributed by atoms with Crippen molar-refractivity contribution in [2.45, 2.75) is 19.0 Å². The molecule has 0 aliphatic carbocycles. The van der Waals surface area contributed by atoms with Crippen LogP contribution in [0.15, 0.2) is 30.3 Å². The number of carbonyl (C=O) groups is 2. The predicted molar refractivity (Wildman–Crippen MR) is 93.3 cm³/mol. The quantitative estimate of drug-likeness (QED) is 0.845. The Labute approximate surface area is 158 Å². The average molecular weight is 391 g/mol. The number of hydrogen-bond acceptors (Lipinski definition) is 3. The number of amides is 3. The lowest BCUT2D eigenvalue weighted by molar-refractivity contribution is -0.122.